The van der Waals surface area contributed by atoms with Gasteiger partial charge in [-0.05, 0) is 25.0 Å². The molecule has 1 unspecified atom stereocenters. The molecule has 0 fully saturated rings. The van der Waals surface area contributed by atoms with Gasteiger partial charge in [-0.1, -0.05) is 56.8 Å². The number of amides is 1. The predicted octanol–water partition coefficient (Wildman–Crippen LogP) is 4.14. The molecule has 0 aromatic heterocycles. The Morgan fingerprint density at radius 2 is 1.76 bits per heavy atom. The van der Waals surface area contributed by atoms with Gasteiger partial charge in [-0.25, -0.2) is 9.59 Å². The maximum absolute atomic E-state index is 12.0. The third-order valence-electron chi connectivity index (χ3n) is 4.21. The van der Waals surface area contributed by atoms with Crippen LogP contribution in [0.3, 0.4) is 0 Å². The number of hydrogen-bond donors (Lipinski definition) is 2. The molecule has 1 aromatic carbocycles. The third-order valence-corrected chi connectivity index (χ3v) is 4.21. The van der Waals surface area contributed by atoms with Crippen molar-refractivity contribution in [2.45, 2.75) is 45.6 Å². The number of carboxylic acid groups (broad SMARTS) is 1. The van der Waals surface area contributed by atoms with Crippen LogP contribution in [0.5, 0.6) is 0 Å². The standard InChI is InChI=1S/C20H27NO4/c1-13(2)15-7-9-16(10-8-15)20(5,6)17(11-12-21-19(23)24)25-18(22)14(3)4/h7-10,17,21H,1,3,11-12H2,2,4-6H3,(H,23,24). The maximum Gasteiger partial charge on any atom is 0.404 e. The van der Waals surface area contributed by atoms with E-state index in [-0.39, 0.29) is 6.54 Å². The molecule has 0 spiro atoms. The number of carbonyl (C=O) groups excluding carboxylic acids is 1. The summed E-state index contributed by atoms with van der Waals surface area (Å²) >= 11 is 0. The van der Waals surface area contributed by atoms with Crippen molar-refractivity contribution in [2.24, 2.45) is 0 Å². The number of ether oxygens (including phenoxy) is 1. The topological polar surface area (TPSA) is 75.6 Å². The lowest BCUT2D eigenvalue weighted by Gasteiger charge is -2.34. The third kappa shape index (κ3) is 5.78. The van der Waals surface area contributed by atoms with Crippen molar-refractivity contribution in [3.8, 4) is 0 Å². The molecule has 0 aliphatic heterocycles. The van der Waals surface area contributed by atoms with Gasteiger partial charge in [-0.15, -0.1) is 0 Å². The van der Waals surface area contributed by atoms with Crippen LogP contribution in [-0.4, -0.2) is 29.8 Å². The molecule has 0 saturated heterocycles. The number of nitrogens with one attached hydrogen (secondary N) is 1. The van der Waals surface area contributed by atoms with Gasteiger partial charge in [0, 0.05) is 24.0 Å². The summed E-state index contributed by atoms with van der Waals surface area (Å²) in [5.41, 5.74) is 2.82. The van der Waals surface area contributed by atoms with Crippen molar-refractivity contribution in [3.05, 3.63) is 54.1 Å². The van der Waals surface area contributed by atoms with E-state index in [0.29, 0.717) is 12.0 Å². The van der Waals surface area contributed by atoms with Gasteiger partial charge in [-0.3, -0.25) is 0 Å². The van der Waals surface area contributed by atoms with Crippen LogP contribution in [0.2, 0.25) is 0 Å². The minimum atomic E-state index is -1.10. The number of benzene rings is 1. The number of carbonyl (C=O) groups is 2. The first-order valence-corrected chi connectivity index (χ1v) is 8.15. The van der Waals surface area contributed by atoms with Crippen LogP contribution in [0, 0.1) is 0 Å². The lowest BCUT2D eigenvalue weighted by atomic mass is 9.77. The molecule has 1 aromatic rings. The summed E-state index contributed by atoms with van der Waals surface area (Å²) in [7, 11) is 0. The summed E-state index contributed by atoms with van der Waals surface area (Å²) in [6.07, 6.45) is -1.24. The van der Waals surface area contributed by atoms with Gasteiger partial charge >= 0.3 is 12.1 Å². The summed E-state index contributed by atoms with van der Waals surface area (Å²) in [4.78, 5) is 22.7. The molecule has 0 saturated carbocycles. The van der Waals surface area contributed by atoms with Crippen LogP contribution in [0.25, 0.3) is 5.57 Å². The molecule has 0 aliphatic carbocycles. The van der Waals surface area contributed by atoms with Crippen molar-refractivity contribution in [1.29, 1.82) is 0 Å². The van der Waals surface area contributed by atoms with E-state index >= 15 is 0 Å². The summed E-state index contributed by atoms with van der Waals surface area (Å²) in [6.45, 7) is 15.2. The highest BCUT2D eigenvalue weighted by molar-refractivity contribution is 5.87. The Balaban J connectivity index is 3.05. The Morgan fingerprint density at radius 1 is 1.20 bits per heavy atom. The van der Waals surface area contributed by atoms with Gasteiger partial charge in [0.2, 0.25) is 0 Å². The average molecular weight is 345 g/mol. The Labute approximate surface area is 149 Å². The van der Waals surface area contributed by atoms with Gasteiger partial charge < -0.3 is 15.2 Å². The number of hydrogen-bond acceptors (Lipinski definition) is 3. The Kier molecular flexibility index (Phi) is 6.97. The highest BCUT2D eigenvalue weighted by Gasteiger charge is 2.34. The zero-order valence-corrected chi connectivity index (χ0v) is 15.4. The zero-order chi connectivity index (χ0) is 19.2. The maximum atomic E-state index is 12.0. The highest BCUT2D eigenvalue weighted by atomic mass is 16.5. The van der Waals surface area contributed by atoms with E-state index in [1.54, 1.807) is 6.92 Å². The molecule has 136 valence electrons. The highest BCUT2D eigenvalue weighted by Crippen LogP contribution is 2.32. The molecule has 0 aliphatic rings. The van der Waals surface area contributed by atoms with Crippen LogP contribution >= 0.6 is 0 Å². The lowest BCUT2D eigenvalue weighted by Crippen LogP contribution is -2.40. The molecule has 0 heterocycles. The second-order valence-electron chi connectivity index (χ2n) is 6.77. The molecule has 25 heavy (non-hydrogen) atoms. The van der Waals surface area contributed by atoms with Crippen molar-refractivity contribution in [1.82, 2.24) is 5.32 Å². The van der Waals surface area contributed by atoms with Crippen molar-refractivity contribution < 1.29 is 19.4 Å². The molecule has 0 radical (unpaired) electrons. The first-order valence-electron chi connectivity index (χ1n) is 8.15. The Bertz CT molecular complexity index is 659. The average Bonchev–Trinajstić information content (AvgIpc) is 2.53. The van der Waals surface area contributed by atoms with E-state index in [2.05, 4.69) is 18.5 Å². The minimum absolute atomic E-state index is 0.191. The second-order valence-corrected chi connectivity index (χ2v) is 6.77. The van der Waals surface area contributed by atoms with Crippen LogP contribution in [-0.2, 0) is 14.9 Å². The van der Waals surface area contributed by atoms with E-state index in [9.17, 15) is 9.59 Å². The smallest absolute Gasteiger partial charge is 0.404 e. The van der Waals surface area contributed by atoms with Gasteiger partial charge in [-0.2, -0.15) is 0 Å². The monoisotopic (exact) mass is 345 g/mol. The summed E-state index contributed by atoms with van der Waals surface area (Å²) in [5.74, 6) is -0.480. The molecular weight excluding hydrogens is 318 g/mol. The van der Waals surface area contributed by atoms with E-state index in [0.717, 1.165) is 16.7 Å². The summed E-state index contributed by atoms with van der Waals surface area (Å²) in [5, 5.41) is 11.1. The fourth-order valence-corrected chi connectivity index (χ4v) is 2.48. The predicted molar refractivity (Wildman–Crippen MR) is 99.5 cm³/mol. The first kappa shape index (κ1) is 20.5. The van der Waals surface area contributed by atoms with E-state index in [1.807, 2.05) is 45.0 Å². The SMILES string of the molecule is C=C(C)C(=O)OC(CCNC(=O)O)C(C)(C)c1ccc(C(=C)C)cc1. The number of rotatable bonds is 8. The quantitative estimate of drug-likeness (QED) is 0.548. The zero-order valence-electron chi connectivity index (χ0n) is 15.4. The molecule has 5 nitrogen and oxygen atoms in total. The molecular formula is C20H27NO4. The molecule has 1 atom stereocenters. The van der Waals surface area contributed by atoms with E-state index in [1.165, 1.54) is 0 Å². The van der Waals surface area contributed by atoms with Gasteiger partial charge in [0.05, 0.1) is 0 Å². The van der Waals surface area contributed by atoms with E-state index < -0.39 is 23.6 Å². The van der Waals surface area contributed by atoms with Gasteiger partial charge in [0.1, 0.15) is 6.10 Å². The number of allylic oxidation sites excluding steroid dienone is 1. The molecule has 2 N–H and O–H groups in total. The van der Waals surface area contributed by atoms with Crippen LogP contribution in [0.15, 0.2) is 43.0 Å². The van der Waals surface area contributed by atoms with E-state index in [4.69, 9.17) is 9.84 Å². The fourth-order valence-electron chi connectivity index (χ4n) is 2.48. The second kappa shape index (κ2) is 8.51. The minimum Gasteiger partial charge on any atom is -0.465 e. The lowest BCUT2D eigenvalue weighted by molar-refractivity contribution is -0.147. The van der Waals surface area contributed by atoms with Crippen molar-refractivity contribution in [3.63, 3.8) is 0 Å². The first-order chi connectivity index (χ1) is 11.6. The normalized spacial score (nSPS) is 12.2. The Hall–Kier alpha value is -2.56. The Morgan fingerprint density at radius 3 is 2.20 bits per heavy atom. The van der Waals surface area contributed by atoms with Crippen LogP contribution < -0.4 is 5.32 Å². The molecule has 1 rings (SSSR count). The van der Waals surface area contributed by atoms with Gasteiger partial charge in [0.15, 0.2) is 0 Å². The largest absolute Gasteiger partial charge is 0.465 e. The van der Waals surface area contributed by atoms with Crippen LogP contribution in [0.4, 0.5) is 4.79 Å². The number of esters is 1. The van der Waals surface area contributed by atoms with Gasteiger partial charge in [0.25, 0.3) is 0 Å². The molecule has 1 amide bonds. The summed E-state index contributed by atoms with van der Waals surface area (Å²) < 4.78 is 5.60. The molecule has 5 heteroatoms. The molecule has 0 bridgehead atoms. The fraction of sp³-hybridized carbons (Fsp3) is 0.400. The van der Waals surface area contributed by atoms with Crippen LogP contribution in [0.1, 0.15) is 45.2 Å². The van der Waals surface area contributed by atoms with Crippen molar-refractivity contribution in [2.75, 3.05) is 6.54 Å². The summed E-state index contributed by atoms with van der Waals surface area (Å²) in [6, 6.07) is 7.92. The van der Waals surface area contributed by atoms with Crippen molar-refractivity contribution >= 4 is 17.6 Å².